The van der Waals surface area contributed by atoms with E-state index in [9.17, 15) is 19.8 Å². The van der Waals surface area contributed by atoms with E-state index >= 15 is 9.59 Å². The summed E-state index contributed by atoms with van der Waals surface area (Å²) < 4.78 is 70.7. The van der Waals surface area contributed by atoms with Crippen LogP contribution in [0.15, 0.2) is 35.6 Å². The van der Waals surface area contributed by atoms with Crippen LogP contribution < -0.4 is 10.6 Å². The van der Waals surface area contributed by atoms with E-state index in [1.807, 2.05) is 60.7 Å². The maximum atomic E-state index is 16.0. The molecule has 0 spiro atoms. The number of ether oxygens (including phenoxy) is 11. The Hall–Kier alpha value is -4.37. The Labute approximate surface area is 512 Å². The standard InChI is InChI=1S/C62H98ClN5O18/c1-31(2)24-47(69)82-53-38(9)52(33(4)30-78-60-56(76-16)55(75-15)49(70)41(12)81-60)84-58(73)40(11)54(83-48-25-34(5)68(14)29-36(7)79-48)37(8)51(85-59-50(71)46(67-77-17)26-35(6)80-59)32(3)28-62(13,57(72)39(53)10)86-61(74)66-23-22-65-44-20-21-64-45-27-42(63)18-19-43(44)45/h18-21,27,31-41,48-56,59-60,70-71H,22-26,28-30H2,1-17H3,(H,64,65)(H,66,74)/b67-46+/t32-,33-,34+,35+,36-,37+,38-,39+,40+,41+,48-,49+,50+,51-,52?,53+,54-,55+,56+,59-,60+,62-/m0/s1. The molecule has 1 aromatic heterocycles. The number of hydrogen-bond donors (Lipinski definition) is 4. The van der Waals surface area contributed by atoms with Crippen molar-refractivity contribution in [2.24, 2.45) is 46.6 Å². The molecule has 86 heavy (non-hydrogen) atoms. The van der Waals surface area contributed by atoms with Crippen molar-refractivity contribution in [3.63, 3.8) is 0 Å². The summed E-state index contributed by atoms with van der Waals surface area (Å²) in [6, 6.07) is 7.18. The van der Waals surface area contributed by atoms with Crippen LogP contribution in [0.5, 0.6) is 0 Å². The van der Waals surface area contributed by atoms with E-state index in [1.54, 1.807) is 52.9 Å². The van der Waals surface area contributed by atoms with Gasteiger partial charge in [-0.15, -0.1) is 0 Å². The highest BCUT2D eigenvalue weighted by Crippen LogP contribution is 2.41. The number of halogens is 1. The van der Waals surface area contributed by atoms with Gasteiger partial charge in [0, 0.05) is 99.2 Å². The lowest BCUT2D eigenvalue weighted by Crippen LogP contribution is -2.59. The zero-order chi connectivity index (χ0) is 63.5. The number of alkyl carbamates (subject to hydrolysis) is 1. The number of oxime groups is 1. The first-order chi connectivity index (χ1) is 40.6. The number of esters is 2. The number of carbonyl (C=O) groups is 4. The minimum Gasteiger partial charge on any atom is -0.461 e. The molecule has 0 aliphatic carbocycles. The van der Waals surface area contributed by atoms with Crippen LogP contribution in [-0.2, 0) is 71.3 Å². The summed E-state index contributed by atoms with van der Waals surface area (Å²) in [5.74, 6) is -7.58. The number of fused-ring (bicyclic) bond motifs is 1. The van der Waals surface area contributed by atoms with E-state index in [-0.39, 0.29) is 62.7 Å². The van der Waals surface area contributed by atoms with Gasteiger partial charge in [-0.2, -0.15) is 0 Å². The number of aromatic nitrogens is 1. The van der Waals surface area contributed by atoms with E-state index in [1.165, 1.54) is 28.3 Å². The predicted octanol–water partition coefficient (Wildman–Crippen LogP) is 7.32. The first-order valence-electron chi connectivity index (χ1n) is 30.4. The lowest BCUT2D eigenvalue weighted by molar-refractivity contribution is -0.305. The molecule has 4 N–H and O–H groups in total. The lowest BCUT2D eigenvalue weighted by Gasteiger charge is -2.45. The minimum atomic E-state index is -2.00. The maximum absolute atomic E-state index is 16.0. The van der Waals surface area contributed by atoms with E-state index in [0.717, 1.165) is 11.1 Å². The second-order valence-corrected chi connectivity index (χ2v) is 25.5. The van der Waals surface area contributed by atoms with Crippen molar-refractivity contribution in [1.29, 1.82) is 0 Å². The highest BCUT2D eigenvalue weighted by molar-refractivity contribution is 6.31. The predicted molar refractivity (Wildman–Crippen MR) is 320 cm³/mol. The van der Waals surface area contributed by atoms with Crippen molar-refractivity contribution < 1.29 is 86.3 Å². The van der Waals surface area contributed by atoms with Gasteiger partial charge in [0.15, 0.2) is 30.3 Å². The summed E-state index contributed by atoms with van der Waals surface area (Å²) in [5, 5.41) is 34.5. The Morgan fingerprint density at radius 2 is 1.57 bits per heavy atom. The number of aliphatic hydroxyl groups is 2. The van der Waals surface area contributed by atoms with Crippen LogP contribution in [0.4, 0.5) is 10.5 Å². The van der Waals surface area contributed by atoms with Gasteiger partial charge in [0.2, 0.25) is 0 Å². The number of nitrogens with one attached hydrogen (secondary N) is 2. The molecule has 1 aromatic carbocycles. The molecule has 5 heterocycles. The van der Waals surface area contributed by atoms with Crippen molar-refractivity contribution in [1.82, 2.24) is 15.2 Å². The largest absolute Gasteiger partial charge is 0.461 e. The molecular formula is C62H98ClN5O18. The van der Waals surface area contributed by atoms with Crippen LogP contribution in [0.1, 0.15) is 116 Å². The highest BCUT2D eigenvalue weighted by atomic mass is 35.5. The first kappa shape index (κ1) is 70.7. The fraction of sp³-hybridized carbons (Fsp3) is 0.774. The first-order valence-corrected chi connectivity index (χ1v) is 30.8. The number of methoxy groups -OCH3 is 2. The zero-order valence-electron chi connectivity index (χ0n) is 53.4. The molecule has 4 aliphatic heterocycles. The molecule has 4 saturated heterocycles. The van der Waals surface area contributed by atoms with Gasteiger partial charge in [-0.3, -0.25) is 19.4 Å². The number of cyclic esters (lactones) is 1. The van der Waals surface area contributed by atoms with Crippen molar-refractivity contribution in [3.8, 4) is 0 Å². The Morgan fingerprint density at radius 3 is 2.24 bits per heavy atom. The summed E-state index contributed by atoms with van der Waals surface area (Å²) >= 11 is 6.26. The van der Waals surface area contributed by atoms with E-state index in [2.05, 4.69) is 32.6 Å². The summed E-state index contributed by atoms with van der Waals surface area (Å²) in [6.45, 7) is 24.1. The second kappa shape index (κ2) is 31.9. The molecule has 0 saturated carbocycles. The van der Waals surface area contributed by atoms with Crippen LogP contribution in [-0.4, -0.2) is 202 Å². The van der Waals surface area contributed by atoms with Crippen LogP contribution in [0.2, 0.25) is 5.02 Å². The molecule has 24 heteroatoms. The SMILES string of the molecule is CO/N=C1\C[C@@H](C)O[C@@H](O[C@@H]2[C@@H](C)[C@H](O[C@H]3C[C@@H](C)N(C)C[C@H](C)O3)[C@@H](C)C(=O)OC([C@@H](C)CO[C@@H]3O[C@H](C)[C@@H](O)[C@@H](OC)[C@H]3OC)[C@H](C)[C@@H](OC(=O)CC(C)C)[C@@H](C)C(=O)[C@@](C)(OC(=O)NCCNc3ccnc4cc(Cl)ccc34)C[C@@H]2C)[C@@H]1O. The van der Waals surface area contributed by atoms with E-state index in [4.69, 9.17) is 68.5 Å². The summed E-state index contributed by atoms with van der Waals surface area (Å²) in [5.41, 5.74) is -0.283. The maximum Gasteiger partial charge on any atom is 0.408 e. The Morgan fingerprint density at radius 1 is 0.860 bits per heavy atom. The van der Waals surface area contributed by atoms with Crippen molar-refractivity contribution in [2.45, 2.75) is 213 Å². The third-order valence-electron chi connectivity index (χ3n) is 17.3. The second-order valence-electron chi connectivity index (χ2n) is 25.0. The Balaban J connectivity index is 1.47. The fourth-order valence-electron chi connectivity index (χ4n) is 12.6. The molecule has 486 valence electrons. The van der Waals surface area contributed by atoms with Gasteiger partial charge < -0.3 is 82.7 Å². The molecule has 4 aliphatic rings. The number of rotatable bonds is 19. The van der Waals surface area contributed by atoms with Crippen molar-refractivity contribution in [2.75, 3.05) is 59.9 Å². The number of pyridine rings is 1. The quantitative estimate of drug-likeness (QED) is 0.0464. The molecule has 0 radical (unpaired) electrons. The Bertz CT molecular complexity index is 2570. The molecule has 23 nitrogen and oxygen atoms in total. The molecule has 4 fully saturated rings. The van der Waals surface area contributed by atoms with Gasteiger partial charge in [0.25, 0.3) is 0 Å². The van der Waals surface area contributed by atoms with Gasteiger partial charge in [0.1, 0.15) is 43.7 Å². The normalized spacial score (nSPS) is 37.2. The van der Waals surface area contributed by atoms with E-state index in [0.29, 0.717) is 23.5 Å². The molecule has 0 bridgehead atoms. The third kappa shape index (κ3) is 17.9. The summed E-state index contributed by atoms with van der Waals surface area (Å²) in [6.07, 6.45) is -12.2. The van der Waals surface area contributed by atoms with Gasteiger partial charge in [0.05, 0.1) is 60.2 Å². The van der Waals surface area contributed by atoms with Crippen LogP contribution in [0.25, 0.3) is 10.9 Å². The zero-order valence-corrected chi connectivity index (χ0v) is 54.1. The number of likely N-dealkylation sites (N-methyl/N-ethyl adjacent to an activating group) is 1. The molecule has 6 rings (SSSR count). The average Bonchev–Trinajstić information content (AvgIpc) is 1.32. The minimum absolute atomic E-state index is 0.00151. The third-order valence-corrected chi connectivity index (χ3v) is 17.6. The fourth-order valence-corrected chi connectivity index (χ4v) is 12.8. The molecule has 2 aromatic rings. The van der Waals surface area contributed by atoms with Crippen LogP contribution >= 0.6 is 11.6 Å². The number of benzene rings is 1. The van der Waals surface area contributed by atoms with Crippen molar-refractivity contribution >= 4 is 57.7 Å². The number of nitrogens with zero attached hydrogens (tertiary/aromatic N) is 3. The Kier molecular flexibility index (Phi) is 26.2. The smallest absolute Gasteiger partial charge is 0.408 e. The van der Waals surface area contributed by atoms with Gasteiger partial charge in [-0.1, -0.05) is 65.2 Å². The molecule has 1 amide bonds. The van der Waals surface area contributed by atoms with Crippen LogP contribution in [0, 0.1) is 41.4 Å². The van der Waals surface area contributed by atoms with Gasteiger partial charge in [-0.25, -0.2) is 4.79 Å². The number of anilines is 1. The topological polar surface area (TPSA) is 272 Å². The number of Topliss-reactive ketones (excluding diaryl/α,β-unsaturated/α-hetero) is 1. The van der Waals surface area contributed by atoms with Gasteiger partial charge in [-0.05, 0) is 91.1 Å². The monoisotopic (exact) mass is 1240 g/mol. The molecule has 1 unspecified atom stereocenters. The molecular weight excluding hydrogens is 1140 g/mol. The van der Waals surface area contributed by atoms with Crippen LogP contribution in [0.3, 0.4) is 0 Å². The van der Waals surface area contributed by atoms with E-state index < -0.39 is 145 Å². The average molecular weight is 1240 g/mol. The highest BCUT2D eigenvalue weighted by Gasteiger charge is 2.53. The number of ketones is 1. The number of amides is 1. The van der Waals surface area contributed by atoms with Crippen molar-refractivity contribution in [3.05, 3.63) is 35.5 Å². The summed E-state index contributed by atoms with van der Waals surface area (Å²) in [4.78, 5) is 71.7. The van der Waals surface area contributed by atoms with Gasteiger partial charge >= 0.3 is 18.0 Å². The lowest BCUT2D eigenvalue weighted by atomic mass is 9.74. The number of hydrogen-bond acceptors (Lipinski definition) is 22. The number of aliphatic hydroxyl groups excluding tert-OH is 2. The molecule has 22 atom stereocenters. The number of carbonyl (C=O) groups excluding carboxylic acids is 4. The summed E-state index contributed by atoms with van der Waals surface area (Å²) in [7, 11) is 6.29.